The van der Waals surface area contributed by atoms with Gasteiger partial charge in [-0.2, -0.15) is 0 Å². The number of rotatable bonds is 28. The van der Waals surface area contributed by atoms with Gasteiger partial charge in [0.05, 0.1) is 0 Å². The van der Waals surface area contributed by atoms with E-state index in [0.29, 0.717) is 0 Å². The molecule has 0 fully saturated rings. The first-order chi connectivity index (χ1) is 23.4. The second-order valence-corrected chi connectivity index (χ2v) is 19.2. The predicted molar refractivity (Wildman–Crippen MR) is 226 cm³/mol. The van der Waals surface area contributed by atoms with Crippen LogP contribution in [0, 0.1) is 20.8 Å². The first-order valence-electron chi connectivity index (χ1n) is 20.1. The van der Waals surface area contributed by atoms with Crippen LogP contribution >= 0.6 is 45.8 Å². The van der Waals surface area contributed by atoms with E-state index >= 15 is 0 Å². The van der Waals surface area contributed by atoms with Gasteiger partial charge < -0.3 is 0 Å². The van der Waals surface area contributed by atoms with Crippen LogP contribution in [0.1, 0.15) is 192 Å². The van der Waals surface area contributed by atoms with Gasteiger partial charge in [-0.15, -0.1) is 34.0 Å². The Morgan fingerprint density at radius 1 is 0.542 bits per heavy atom. The summed E-state index contributed by atoms with van der Waals surface area (Å²) in [6.45, 7) is 18.6. The average molecular weight is 727 g/mol. The number of hydrogen-bond donors (Lipinski definition) is 0. The molecule has 4 heteroatoms. The number of aryl methyl sites for hydroxylation is 4. The summed E-state index contributed by atoms with van der Waals surface area (Å²) in [4.78, 5) is 11.5. The van der Waals surface area contributed by atoms with Crippen molar-refractivity contribution in [3.8, 4) is 9.75 Å². The van der Waals surface area contributed by atoms with Crippen LogP contribution < -0.4 is 0 Å². The minimum atomic E-state index is 1.20. The van der Waals surface area contributed by atoms with Crippen LogP contribution in [0.2, 0.25) is 0 Å². The van der Waals surface area contributed by atoms with Gasteiger partial charge in [-0.1, -0.05) is 161 Å². The van der Waals surface area contributed by atoms with Crippen molar-refractivity contribution in [1.29, 1.82) is 0 Å². The first kappa shape index (κ1) is 41.6. The van der Waals surface area contributed by atoms with Crippen molar-refractivity contribution in [1.82, 2.24) is 0 Å². The molecule has 3 aromatic heterocycles. The Bertz CT molecular complexity index is 1300. The molecule has 3 aromatic rings. The Hall–Kier alpha value is -0.810. The van der Waals surface area contributed by atoms with Crippen LogP contribution in [0.5, 0.6) is 0 Å². The Morgan fingerprint density at radius 2 is 1.06 bits per heavy atom. The van der Waals surface area contributed by atoms with Gasteiger partial charge in [-0.25, -0.2) is 0 Å². The molecule has 3 heterocycles. The lowest BCUT2D eigenvalue weighted by Crippen LogP contribution is -1.94. The van der Waals surface area contributed by atoms with E-state index in [0.717, 1.165) is 0 Å². The zero-order valence-corrected chi connectivity index (χ0v) is 35.2. The van der Waals surface area contributed by atoms with Crippen LogP contribution in [0.15, 0.2) is 23.6 Å². The lowest BCUT2D eigenvalue weighted by Gasteiger charge is -2.08. The molecule has 0 bridgehead atoms. The van der Waals surface area contributed by atoms with Crippen molar-refractivity contribution < 1.29 is 0 Å². The van der Waals surface area contributed by atoms with Crippen LogP contribution in [0.3, 0.4) is 0 Å². The van der Waals surface area contributed by atoms with E-state index in [1.54, 1.807) is 20.9 Å². The molecule has 0 aliphatic carbocycles. The lowest BCUT2D eigenvalue weighted by atomic mass is 9.97. The van der Waals surface area contributed by atoms with Crippen molar-refractivity contribution in [3.63, 3.8) is 0 Å². The molecule has 0 N–H and O–H groups in total. The maximum Gasteiger partial charge on any atom is 0.0480 e. The molecule has 0 aromatic carbocycles. The fraction of sp³-hybridized carbons (Fsp3) is 0.682. The Kier molecular flexibility index (Phi) is 21.1. The zero-order valence-electron chi connectivity index (χ0n) is 32.0. The monoisotopic (exact) mass is 726 g/mol. The number of thioether (sulfide) groups is 1. The normalized spacial score (nSPS) is 11.6. The quantitative estimate of drug-likeness (QED) is 0.0530. The molecule has 0 atom stereocenters. The van der Waals surface area contributed by atoms with Crippen molar-refractivity contribution in [2.45, 2.75) is 201 Å². The van der Waals surface area contributed by atoms with Crippen molar-refractivity contribution in [3.05, 3.63) is 54.9 Å². The van der Waals surface area contributed by atoms with Gasteiger partial charge in [0, 0.05) is 39.1 Å². The van der Waals surface area contributed by atoms with Crippen LogP contribution in [-0.4, -0.2) is 0 Å². The first-order valence-corrected chi connectivity index (χ1v) is 23.3. The van der Waals surface area contributed by atoms with Gasteiger partial charge in [0.25, 0.3) is 0 Å². The topological polar surface area (TPSA) is 0 Å². The molecule has 0 radical (unpaired) electrons. The summed E-state index contributed by atoms with van der Waals surface area (Å²) in [7, 11) is 0. The highest BCUT2D eigenvalue weighted by atomic mass is 32.2. The number of hydrogen-bond acceptors (Lipinski definition) is 4. The summed E-state index contributed by atoms with van der Waals surface area (Å²) in [6, 6.07) is 4.94. The van der Waals surface area contributed by atoms with Gasteiger partial charge in [0.15, 0.2) is 0 Å². The van der Waals surface area contributed by atoms with E-state index in [9.17, 15) is 0 Å². The summed E-state index contributed by atoms with van der Waals surface area (Å²) in [6.07, 6.45) is 32.9. The maximum atomic E-state index is 4.65. The SMILES string of the molecule is C=C(Sc1cc(-c2sc(C)c(CCC)c2CCCCCCCCCCCC)sc1C)c1sc(C)cc1CCCCCCCCCCCC. The molecule has 0 aliphatic heterocycles. The molecule has 48 heavy (non-hydrogen) atoms. The van der Waals surface area contributed by atoms with Crippen molar-refractivity contribution >= 4 is 50.7 Å². The standard InChI is InChI=1S/C44H70S4/c1-8-11-13-15-17-19-21-23-25-27-30-38-32-34(4)45-43(38)37(7)47-41-33-42(46-36(41)6)44-40(39(29-10-3)35(5)48-44)31-28-26-24-22-20-18-16-14-12-9-2/h32-33H,7-31H2,1-6H3. The van der Waals surface area contributed by atoms with E-state index < -0.39 is 0 Å². The molecular weight excluding hydrogens is 657 g/mol. The van der Waals surface area contributed by atoms with Gasteiger partial charge in [0.1, 0.15) is 0 Å². The summed E-state index contributed by atoms with van der Waals surface area (Å²) in [5.41, 5.74) is 4.85. The Balaban J connectivity index is 1.55. The van der Waals surface area contributed by atoms with E-state index in [2.05, 4.69) is 71.6 Å². The second-order valence-electron chi connectivity index (χ2n) is 14.3. The predicted octanol–water partition coefficient (Wildman–Crippen LogP) is 17.1. The molecule has 0 spiro atoms. The third-order valence-electron chi connectivity index (χ3n) is 9.91. The van der Waals surface area contributed by atoms with Gasteiger partial charge in [0.2, 0.25) is 0 Å². The number of unbranched alkanes of at least 4 members (excludes halogenated alkanes) is 18. The third-order valence-corrected chi connectivity index (χ3v) is 14.8. The Labute approximate surface area is 314 Å². The average Bonchev–Trinajstić information content (AvgIpc) is 3.73. The molecular formula is C44H70S4. The summed E-state index contributed by atoms with van der Waals surface area (Å²) in [5, 5.41) is 0. The van der Waals surface area contributed by atoms with Crippen molar-refractivity contribution in [2.75, 3.05) is 0 Å². The Morgan fingerprint density at radius 3 is 1.60 bits per heavy atom. The molecule has 0 nitrogen and oxygen atoms in total. The molecule has 0 amide bonds. The minimum Gasteiger partial charge on any atom is -0.140 e. The van der Waals surface area contributed by atoms with Gasteiger partial charge in [-0.05, 0) is 81.7 Å². The molecule has 0 aliphatic rings. The van der Waals surface area contributed by atoms with Gasteiger partial charge >= 0.3 is 0 Å². The highest BCUT2D eigenvalue weighted by molar-refractivity contribution is 8.08. The third kappa shape index (κ3) is 14.4. The largest absolute Gasteiger partial charge is 0.140 e. The molecule has 0 saturated heterocycles. The fourth-order valence-corrected chi connectivity index (χ4v) is 11.7. The minimum absolute atomic E-state index is 1.20. The van der Waals surface area contributed by atoms with E-state index in [-0.39, 0.29) is 0 Å². The van der Waals surface area contributed by atoms with E-state index in [4.69, 9.17) is 0 Å². The zero-order chi connectivity index (χ0) is 34.6. The van der Waals surface area contributed by atoms with Crippen LogP contribution in [0.4, 0.5) is 0 Å². The van der Waals surface area contributed by atoms with E-state index in [1.807, 2.05) is 34.4 Å². The van der Waals surface area contributed by atoms with Crippen molar-refractivity contribution in [2.24, 2.45) is 0 Å². The molecule has 0 unspecified atom stereocenters. The molecule has 3 rings (SSSR count). The molecule has 0 saturated carbocycles. The summed E-state index contributed by atoms with van der Waals surface area (Å²) >= 11 is 7.93. The van der Waals surface area contributed by atoms with Gasteiger partial charge in [-0.3, -0.25) is 0 Å². The van der Waals surface area contributed by atoms with Crippen LogP contribution in [0.25, 0.3) is 14.7 Å². The van der Waals surface area contributed by atoms with Crippen LogP contribution in [-0.2, 0) is 19.3 Å². The number of thiophene rings is 3. The highest BCUT2D eigenvalue weighted by Crippen LogP contribution is 2.47. The highest BCUT2D eigenvalue weighted by Gasteiger charge is 2.20. The van der Waals surface area contributed by atoms with E-state index in [1.165, 1.54) is 189 Å². The summed E-state index contributed by atoms with van der Waals surface area (Å²) in [5.74, 6) is 0. The molecule has 270 valence electrons. The summed E-state index contributed by atoms with van der Waals surface area (Å²) < 4.78 is 0. The lowest BCUT2D eigenvalue weighted by molar-refractivity contribution is 0.556. The fourth-order valence-electron chi connectivity index (χ4n) is 7.10. The second kappa shape index (κ2) is 24.4. The smallest absolute Gasteiger partial charge is 0.0480 e. The maximum absolute atomic E-state index is 4.65.